The van der Waals surface area contributed by atoms with Crippen LogP contribution in [0.4, 0.5) is 0 Å². The second-order valence-electron chi connectivity index (χ2n) is 6.04. The Labute approximate surface area is 140 Å². The lowest BCUT2D eigenvalue weighted by Crippen LogP contribution is -1.94. The van der Waals surface area contributed by atoms with E-state index in [4.69, 9.17) is 4.98 Å². The van der Waals surface area contributed by atoms with Crippen molar-refractivity contribution < 1.29 is 4.79 Å². The number of carbonyl (C=O) groups is 1. The minimum absolute atomic E-state index is 0.0901. The summed E-state index contributed by atoms with van der Waals surface area (Å²) in [5, 5.41) is 3.06. The van der Waals surface area contributed by atoms with Gasteiger partial charge in [-0.3, -0.25) is 4.79 Å². The first-order valence-electron chi connectivity index (χ1n) is 7.62. The number of nitrogens with one attached hydrogen (secondary N) is 1. The number of nitrogens with zero attached hydrogens (tertiary/aromatic N) is 1. The normalized spacial score (nSPS) is 11.0. The SMILES string of the molecule is CC(=O)c1c(C)[nH]c(-c2csc(-c3ccc(C)cc3C)n2)c1C. The summed E-state index contributed by atoms with van der Waals surface area (Å²) in [5.74, 6) is 0.0901. The highest BCUT2D eigenvalue weighted by Gasteiger charge is 2.18. The van der Waals surface area contributed by atoms with Gasteiger partial charge in [-0.15, -0.1) is 11.3 Å². The van der Waals surface area contributed by atoms with E-state index in [0.29, 0.717) is 0 Å². The average molecular weight is 324 g/mol. The third kappa shape index (κ3) is 2.75. The largest absolute Gasteiger partial charge is 0.356 e. The Morgan fingerprint density at radius 2 is 1.91 bits per heavy atom. The summed E-state index contributed by atoms with van der Waals surface area (Å²) in [6, 6.07) is 6.41. The molecule has 0 atom stereocenters. The zero-order valence-electron chi connectivity index (χ0n) is 14.1. The molecule has 3 nitrogen and oxygen atoms in total. The number of aryl methyl sites for hydroxylation is 3. The molecular formula is C19H20N2OS. The Balaban J connectivity index is 2.06. The van der Waals surface area contributed by atoms with Crippen LogP contribution in [0.15, 0.2) is 23.6 Å². The highest BCUT2D eigenvalue weighted by atomic mass is 32.1. The molecule has 2 aromatic heterocycles. The maximum Gasteiger partial charge on any atom is 0.161 e. The monoisotopic (exact) mass is 324 g/mol. The summed E-state index contributed by atoms with van der Waals surface area (Å²) in [4.78, 5) is 19.9. The molecule has 0 aliphatic heterocycles. The van der Waals surface area contributed by atoms with Crippen LogP contribution in [0.25, 0.3) is 22.0 Å². The molecule has 0 aliphatic carbocycles. The number of hydrogen-bond donors (Lipinski definition) is 1. The van der Waals surface area contributed by atoms with Crippen LogP contribution in [0, 0.1) is 27.7 Å². The highest BCUT2D eigenvalue weighted by molar-refractivity contribution is 7.13. The third-order valence-electron chi connectivity index (χ3n) is 4.16. The first kappa shape index (κ1) is 15.7. The van der Waals surface area contributed by atoms with Crippen LogP contribution in [0.5, 0.6) is 0 Å². The predicted molar refractivity (Wildman–Crippen MR) is 96.3 cm³/mol. The molecule has 0 radical (unpaired) electrons. The van der Waals surface area contributed by atoms with E-state index >= 15 is 0 Å². The van der Waals surface area contributed by atoms with E-state index in [1.165, 1.54) is 16.7 Å². The van der Waals surface area contributed by atoms with Crippen molar-refractivity contribution in [1.82, 2.24) is 9.97 Å². The smallest absolute Gasteiger partial charge is 0.161 e. The van der Waals surface area contributed by atoms with Gasteiger partial charge in [-0.1, -0.05) is 23.8 Å². The van der Waals surface area contributed by atoms with Gasteiger partial charge in [-0.05, 0) is 45.7 Å². The number of H-pyrrole nitrogens is 1. The molecular weight excluding hydrogens is 304 g/mol. The number of carbonyl (C=O) groups excluding carboxylic acids is 1. The number of thiazole rings is 1. The standard InChI is InChI=1S/C19H20N2OS/c1-10-6-7-15(11(2)8-10)19-21-16(9-23-19)18-12(3)17(14(5)22)13(4)20-18/h6-9,20H,1-5H3. The topological polar surface area (TPSA) is 45.8 Å². The molecule has 0 amide bonds. The van der Waals surface area contributed by atoms with Crippen molar-refractivity contribution in [2.75, 3.05) is 0 Å². The molecule has 0 unspecified atom stereocenters. The van der Waals surface area contributed by atoms with Crippen LogP contribution in [-0.2, 0) is 0 Å². The number of aromatic amines is 1. The van der Waals surface area contributed by atoms with Gasteiger partial charge in [0.15, 0.2) is 5.78 Å². The van der Waals surface area contributed by atoms with E-state index in [9.17, 15) is 4.79 Å². The van der Waals surface area contributed by atoms with Gasteiger partial charge in [0, 0.05) is 22.2 Å². The molecule has 3 aromatic rings. The van der Waals surface area contributed by atoms with E-state index < -0.39 is 0 Å². The molecule has 3 rings (SSSR count). The zero-order valence-corrected chi connectivity index (χ0v) is 14.9. The lowest BCUT2D eigenvalue weighted by Gasteiger charge is -2.03. The van der Waals surface area contributed by atoms with E-state index in [1.807, 2.05) is 13.8 Å². The van der Waals surface area contributed by atoms with E-state index in [1.54, 1.807) is 18.3 Å². The van der Waals surface area contributed by atoms with Crippen molar-refractivity contribution in [1.29, 1.82) is 0 Å². The van der Waals surface area contributed by atoms with Gasteiger partial charge in [0.05, 0.1) is 11.4 Å². The molecule has 118 valence electrons. The maximum atomic E-state index is 11.8. The molecule has 1 N–H and O–H groups in total. The van der Waals surface area contributed by atoms with Crippen LogP contribution in [-0.4, -0.2) is 15.8 Å². The lowest BCUT2D eigenvalue weighted by atomic mass is 10.1. The maximum absolute atomic E-state index is 11.8. The van der Waals surface area contributed by atoms with Gasteiger partial charge < -0.3 is 4.98 Å². The Bertz CT molecular complexity index is 902. The van der Waals surface area contributed by atoms with Crippen molar-refractivity contribution in [3.05, 3.63) is 51.5 Å². The Morgan fingerprint density at radius 3 is 2.52 bits per heavy atom. The van der Waals surface area contributed by atoms with Crippen LogP contribution >= 0.6 is 11.3 Å². The molecule has 0 saturated heterocycles. The number of aromatic nitrogens is 2. The fraction of sp³-hybridized carbons (Fsp3) is 0.263. The number of benzene rings is 1. The Morgan fingerprint density at radius 1 is 1.17 bits per heavy atom. The molecule has 0 bridgehead atoms. The van der Waals surface area contributed by atoms with Gasteiger partial charge in [0.1, 0.15) is 5.01 Å². The minimum Gasteiger partial charge on any atom is -0.356 e. The summed E-state index contributed by atoms with van der Waals surface area (Å²) in [7, 11) is 0. The van der Waals surface area contributed by atoms with Crippen LogP contribution in [0.2, 0.25) is 0 Å². The van der Waals surface area contributed by atoms with Crippen LogP contribution in [0.1, 0.15) is 39.7 Å². The van der Waals surface area contributed by atoms with Gasteiger partial charge in [-0.2, -0.15) is 0 Å². The van der Waals surface area contributed by atoms with E-state index in [2.05, 4.69) is 42.4 Å². The number of rotatable bonds is 3. The van der Waals surface area contributed by atoms with Crippen LogP contribution < -0.4 is 0 Å². The summed E-state index contributed by atoms with van der Waals surface area (Å²) < 4.78 is 0. The molecule has 0 saturated carbocycles. The molecule has 0 spiro atoms. The average Bonchev–Trinajstić information content (AvgIpc) is 3.03. The number of hydrogen-bond acceptors (Lipinski definition) is 3. The van der Waals surface area contributed by atoms with Crippen molar-refractivity contribution in [2.24, 2.45) is 0 Å². The Hall–Kier alpha value is -2.20. The molecule has 0 aliphatic rings. The molecule has 0 fully saturated rings. The fourth-order valence-corrected chi connectivity index (χ4v) is 4.00. The lowest BCUT2D eigenvalue weighted by molar-refractivity contribution is 0.101. The quantitative estimate of drug-likeness (QED) is 0.669. The summed E-state index contributed by atoms with van der Waals surface area (Å²) in [6.45, 7) is 9.73. The van der Waals surface area contributed by atoms with Crippen molar-refractivity contribution in [2.45, 2.75) is 34.6 Å². The second kappa shape index (κ2) is 5.78. The van der Waals surface area contributed by atoms with E-state index in [0.717, 1.165) is 33.2 Å². The van der Waals surface area contributed by atoms with Crippen molar-refractivity contribution >= 4 is 17.1 Å². The zero-order chi connectivity index (χ0) is 16.7. The van der Waals surface area contributed by atoms with Crippen LogP contribution in [0.3, 0.4) is 0 Å². The third-order valence-corrected chi connectivity index (χ3v) is 5.04. The first-order valence-corrected chi connectivity index (χ1v) is 8.50. The molecule has 2 heterocycles. The number of Topliss-reactive ketones (excluding diaryl/α,β-unsaturated/α-hetero) is 1. The molecule has 4 heteroatoms. The van der Waals surface area contributed by atoms with Crippen molar-refractivity contribution in [3.63, 3.8) is 0 Å². The first-order chi connectivity index (χ1) is 10.9. The summed E-state index contributed by atoms with van der Waals surface area (Å²) >= 11 is 1.63. The Kier molecular flexibility index (Phi) is 3.94. The minimum atomic E-state index is 0.0901. The molecule has 1 aromatic carbocycles. The summed E-state index contributed by atoms with van der Waals surface area (Å²) in [5.41, 5.74) is 8.16. The summed E-state index contributed by atoms with van der Waals surface area (Å²) in [6.07, 6.45) is 0. The second-order valence-corrected chi connectivity index (χ2v) is 6.90. The van der Waals surface area contributed by atoms with E-state index in [-0.39, 0.29) is 5.78 Å². The van der Waals surface area contributed by atoms with Gasteiger partial charge in [0.2, 0.25) is 0 Å². The predicted octanol–water partition coefficient (Wildman–Crippen LogP) is 5.24. The van der Waals surface area contributed by atoms with Gasteiger partial charge in [0.25, 0.3) is 0 Å². The highest BCUT2D eigenvalue weighted by Crippen LogP contribution is 2.33. The van der Waals surface area contributed by atoms with Crippen molar-refractivity contribution in [3.8, 4) is 22.0 Å². The number of ketones is 1. The fourth-order valence-electron chi connectivity index (χ4n) is 3.10. The van der Waals surface area contributed by atoms with Gasteiger partial charge >= 0.3 is 0 Å². The van der Waals surface area contributed by atoms with Gasteiger partial charge in [-0.25, -0.2) is 4.98 Å². The molecule has 23 heavy (non-hydrogen) atoms.